The maximum absolute atomic E-state index is 10.5. The third-order valence-corrected chi connectivity index (χ3v) is 4.24. The SMILES string of the molecule is C=CCCCCCCCCC(=O)O.Cc1ccc(S(=O)(=O)O)cc1. The molecule has 0 heterocycles. The third kappa shape index (κ3) is 12.8. The van der Waals surface area contributed by atoms with Crippen LogP contribution in [0.4, 0.5) is 0 Å². The quantitative estimate of drug-likeness (QED) is 0.362. The molecule has 0 fully saturated rings. The number of unbranched alkanes of at least 4 members (excludes halogenated alkanes) is 6. The first-order chi connectivity index (χ1) is 11.3. The van der Waals surface area contributed by atoms with Crippen LogP contribution in [0.25, 0.3) is 0 Å². The molecule has 0 aliphatic heterocycles. The normalized spacial score (nSPS) is 10.6. The van der Waals surface area contributed by atoms with E-state index in [9.17, 15) is 13.2 Å². The van der Waals surface area contributed by atoms with Crippen LogP contribution in [0.5, 0.6) is 0 Å². The maximum Gasteiger partial charge on any atom is 0.303 e. The van der Waals surface area contributed by atoms with Crippen molar-refractivity contribution in [3.63, 3.8) is 0 Å². The Morgan fingerprint density at radius 1 is 1.04 bits per heavy atom. The summed E-state index contributed by atoms with van der Waals surface area (Å²) in [7, 11) is -4.02. The van der Waals surface area contributed by atoms with E-state index in [-0.39, 0.29) is 4.90 Å². The lowest BCUT2D eigenvalue weighted by molar-refractivity contribution is -0.137. The number of aliphatic carboxylic acids is 1. The lowest BCUT2D eigenvalue weighted by Crippen LogP contribution is -1.96. The van der Waals surface area contributed by atoms with Gasteiger partial charge < -0.3 is 5.11 Å². The molecule has 0 bridgehead atoms. The minimum Gasteiger partial charge on any atom is -0.481 e. The van der Waals surface area contributed by atoms with Gasteiger partial charge in [0.15, 0.2) is 0 Å². The van der Waals surface area contributed by atoms with Crippen molar-refractivity contribution in [2.75, 3.05) is 0 Å². The topological polar surface area (TPSA) is 91.7 Å². The molecule has 24 heavy (non-hydrogen) atoms. The highest BCUT2D eigenvalue weighted by Gasteiger charge is 2.06. The van der Waals surface area contributed by atoms with Crippen LogP contribution >= 0.6 is 0 Å². The monoisotopic (exact) mass is 356 g/mol. The van der Waals surface area contributed by atoms with Crippen molar-refractivity contribution in [1.82, 2.24) is 0 Å². The second-order valence-electron chi connectivity index (χ2n) is 5.63. The van der Waals surface area contributed by atoms with Crippen LogP contribution < -0.4 is 0 Å². The molecule has 1 aromatic rings. The van der Waals surface area contributed by atoms with Gasteiger partial charge in [-0.1, -0.05) is 49.5 Å². The fourth-order valence-corrected chi connectivity index (χ4v) is 2.46. The minimum absolute atomic E-state index is 0.0666. The van der Waals surface area contributed by atoms with E-state index in [0.717, 1.165) is 24.8 Å². The van der Waals surface area contributed by atoms with Gasteiger partial charge in [0.1, 0.15) is 0 Å². The van der Waals surface area contributed by atoms with Crippen molar-refractivity contribution in [2.24, 2.45) is 0 Å². The predicted molar refractivity (Wildman–Crippen MR) is 95.8 cm³/mol. The second kappa shape index (κ2) is 12.7. The highest BCUT2D eigenvalue weighted by Crippen LogP contribution is 2.09. The Labute approximate surface area is 145 Å². The third-order valence-electron chi connectivity index (χ3n) is 3.37. The summed E-state index contributed by atoms with van der Waals surface area (Å²) in [6.45, 7) is 5.50. The van der Waals surface area contributed by atoms with Gasteiger partial charge in [-0.3, -0.25) is 9.35 Å². The number of hydrogen-bond donors (Lipinski definition) is 2. The van der Waals surface area contributed by atoms with Crippen molar-refractivity contribution in [2.45, 2.75) is 63.2 Å². The molecular weight excluding hydrogens is 328 g/mol. The van der Waals surface area contributed by atoms with Gasteiger partial charge in [0.05, 0.1) is 4.90 Å². The summed E-state index contributed by atoms with van der Waals surface area (Å²) in [5, 5.41) is 8.38. The van der Waals surface area contributed by atoms with E-state index in [1.54, 1.807) is 12.1 Å². The van der Waals surface area contributed by atoms with Gasteiger partial charge in [-0.05, 0) is 38.3 Å². The lowest BCUT2D eigenvalue weighted by Gasteiger charge is -1.98. The molecule has 0 unspecified atom stereocenters. The molecule has 5 nitrogen and oxygen atoms in total. The van der Waals surface area contributed by atoms with Gasteiger partial charge in [-0.25, -0.2) is 0 Å². The summed E-state index contributed by atoms with van der Waals surface area (Å²) < 4.78 is 29.6. The number of carboxylic acid groups (broad SMARTS) is 1. The molecule has 0 aromatic heterocycles. The summed E-state index contributed by atoms with van der Waals surface area (Å²) in [4.78, 5) is 10.1. The molecule has 0 saturated carbocycles. The van der Waals surface area contributed by atoms with Crippen molar-refractivity contribution >= 4 is 16.1 Å². The molecule has 0 aliphatic carbocycles. The minimum atomic E-state index is -4.02. The van der Waals surface area contributed by atoms with Crippen LogP contribution in [-0.2, 0) is 14.9 Å². The Bertz CT molecular complexity index is 576. The van der Waals surface area contributed by atoms with E-state index < -0.39 is 16.1 Å². The zero-order valence-electron chi connectivity index (χ0n) is 14.3. The van der Waals surface area contributed by atoms with E-state index in [1.165, 1.54) is 37.8 Å². The van der Waals surface area contributed by atoms with Crippen molar-refractivity contribution in [3.8, 4) is 0 Å². The first-order valence-electron chi connectivity index (χ1n) is 8.14. The standard InChI is InChI=1S/C11H20O2.C7H8O3S/c1-2-3-4-5-6-7-8-9-10-11(12)13;1-6-2-4-7(5-3-6)11(8,9)10/h2H,1,3-10H2,(H,12,13);2-5H,1H3,(H,8,9,10). The van der Waals surface area contributed by atoms with E-state index in [2.05, 4.69) is 6.58 Å². The van der Waals surface area contributed by atoms with Gasteiger partial charge in [0, 0.05) is 6.42 Å². The van der Waals surface area contributed by atoms with Crippen molar-refractivity contribution in [3.05, 3.63) is 42.5 Å². The van der Waals surface area contributed by atoms with Gasteiger partial charge >= 0.3 is 5.97 Å². The second-order valence-corrected chi connectivity index (χ2v) is 7.05. The fraction of sp³-hybridized carbons (Fsp3) is 0.500. The van der Waals surface area contributed by atoms with Gasteiger partial charge in [0.25, 0.3) is 10.1 Å². The highest BCUT2D eigenvalue weighted by atomic mass is 32.2. The summed E-state index contributed by atoms with van der Waals surface area (Å²) in [6.07, 6.45) is 10.1. The smallest absolute Gasteiger partial charge is 0.303 e. The number of carboxylic acids is 1. The largest absolute Gasteiger partial charge is 0.481 e. The van der Waals surface area contributed by atoms with Crippen LogP contribution in [-0.4, -0.2) is 24.0 Å². The van der Waals surface area contributed by atoms with Crippen LogP contribution in [0.3, 0.4) is 0 Å². The number of carbonyl (C=O) groups is 1. The number of hydrogen-bond acceptors (Lipinski definition) is 3. The Balaban J connectivity index is 0.000000446. The highest BCUT2D eigenvalue weighted by molar-refractivity contribution is 7.85. The molecular formula is C18H28O5S. The molecule has 1 aromatic carbocycles. The molecule has 0 atom stereocenters. The van der Waals surface area contributed by atoms with Gasteiger partial charge in [-0.2, -0.15) is 8.42 Å². The molecule has 0 spiro atoms. The zero-order valence-corrected chi connectivity index (χ0v) is 15.1. The van der Waals surface area contributed by atoms with E-state index in [0.29, 0.717) is 6.42 Å². The Morgan fingerprint density at radius 3 is 2.00 bits per heavy atom. The fourth-order valence-electron chi connectivity index (χ4n) is 1.98. The lowest BCUT2D eigenvalue weighted by atomic mass is 10.1. The van der Waals surface area contributed by atoms with Crippen LogP contribution in [0, 0.1) is 6.92 Å². The van der Waals surface area contributed by atoms with E-state index in [4.69, 9.17) is 9.66 Å². The van der Waals surface area contributed by atoms with Gasteiger partial charge in [-0.15, -0.1) is 6.58 Å². The number of aryl methyl sites for hydroxylation is 1. The van der Waals surface area contributed by atoms with Crippen molar-refractivity contribution < 1.29 is 22.9 Å². The molecule has 136 valence electrons. The summed E-state index contributed by atoms with van der Waals surface area (Å²) in [6, 6.07) is 5.99. The molecule has 0 amide bonds. The molecule has 2 N–H and O–H groups in total. The van der Waals surface area contributed by atoms with Crippen LogP contribution in [0.15, 0.2) is 41.8 Å². The summed E-state index contributed by atoms with van der Waals surface area (Å²) >= 11 is 0. The first-order valence-corrected chi connectivity index (χ1v) is 9.58. The average Bonchev–Trinajstić information content (AvgIpc) is 2.50. The number of rotatable bonds is 10. The van der Waals surface area contributed by atoms with E-state index in [1.807, 2.05) is 13.0 Å². The van der Waals surface area contributed by atoms with E-state index >= 15 is 0 Å². The molecule has 6 heteroatoms. The van der Waals surface area contributed by atoms with Gasteiger partial charge in [0.2, 0.25) is 0 Å². The predicted octanol–water partition coefficient (Wildman–Crippen LogP) is 4.62. The Morgan fingerprint density at radius 2 is 1.54 bits per heavy atom. The molecule has 0 aliphatic rings. The first kappa shape index (κ1) is 22.3. The van der Waals surface area contributed by atoms with Crippen LogP contribution in [0.1, 0.15) is 56.9 Å². The number of allylic oxidation sites excluding steroid dienone is 1. The summed E-state index contributed by atoms with van der Waals surface area (Å²) in [5.74, 6) is -0.674. The summed E-state index contributed by atoms with van der Waals surface area (Å²) in [5.41, 5.74) is 0.956. The van der Waals surface area contributed by atoms with Crippen molar-refractivity contribution in [1.29, 1.82) is 0 Å². The zero-order chi connectivity index (χ0) is 18.4. The number of benzene rings is 1. The Hall–Kier alpha value is -1.66. The molecule has 0 radical (unpaired) electrons. The van der Waals surface area contributed by atoms with Crippen LogP contribution in [0.2, 0.25) is 0 Å². The Kier molecular flexibility index (Phi) is 11.8. The maximum atomic E-state index is 10.5. The molecule has 0 saturated heterocycles. The average molecular weight is 356 g/mol. The molecule has 1 rings (SSSR count).